The van der Waals surface area contributed by atoms with Gasteiger partial charge in [0, 0.05) is 6.54 Å². The Morgan fingerprint density at radius 1 is 1.54 bits per heavy atom. The Morgan fingerprint density at radius 3 is 2.62 bits per heavy atom. The van der Waals surface area contributed by atoms with Crippen molar-refractivity contribution >= 4 is 24.0 Å². The van der Waals surface area contributed by atoms with Crippen LogP contribution in [-0.2, 0) is 0 Å². The van der Waals surface area contributed by atoms with Gasteiger partial charge in [0.1, 0.15) is 5.82 Å². The summed E-state index contributed by atoms with van der Waals surface area (Å²) < 4.78 is 12.6. The molecule has 0 aliphatic heterocycles. The van der Waals surface area contributed by atoms with Crippen molar-refractivity contribution in [2.75, 3.05) is 6.54 Å². The van der Waals surface area contributed by atoms with E-state index in [1.54, 1.807) is 0 Å². The lowest BCUT2D eigenvalue weighted by Crippen LogP contribution is -2.11. The Hall–Kier alpha value is -0.350. The Balaban J connectivity index is 0.00000144. The molecule has 13 heavy (non-hydrogen) atoms. The molecule has 1 atom stereocenters. The molecule has 1 aromatic carbocycles. The summed E-state index contributed by atoms with van der Waals surface area (Å²) in [4.78, 5) is 0. The van der Waals surface area contributed by atoms with Crippen LogP contribution >= 0.6 is 24.0 Å². The third-order valence-electron chi connectivity index (χ3n) is 1.55. The highest BCUT2D eigenvalue weighted by atomic mass is 35.5. The van der Waals surface area contributed by atoms with Crippen molar-refractivity contribution in [1.29, 1.82) is 0 Å². The van der Waals surface area contributed by atoms with E-state index in [1.807, 2.05) is 0 Å². The van der Waals surface area contributed by atoms with E-state index < -0.39 is 11.9 Å². The zero-order valence-corrected chi connectivity index (χ0v) is 8.28. The molecule has 0 radical (unpaired) electrons. The number of hydrogen-bond acceptors (Lipinski definition) is 2. The Labute approximate surface area is 86.9 Å². The fraction of sp³-hybridized carbons (Fsp3) is 0.250. The van der Waals surface area contributed by atoms with E-state index in [-0.39, 0.29) is 24.0 Å². The number of hydrogen-bond donors (Lipinski definition) is 2. The molecule has 0 aromatic heterocycles. The second kappa shape index (κ2) is 5.40. The smallest absolute Gasteiger partial charge is 0.141 e. The van der Waals surface area contributed by atoms with Crippen molar-refractivity contribution in [1.82, 2.24) is 0 Å². The van der Waals surface area contributed by atoms with Gasteiger partial charge < -0.3 is 10.8 Å². The zero-order chi connectivity index (χ0) is 9.14. The minimum absolute atomic E-state index is 0. The van der Waals surface area contributed by atoms with Gasteiger partial charge >= 0.3 is 0 Å². The molecule has 0 heterocycles. The maximum absolute atomic E-state index is 12.6. The first-order chi connectivity index (χ1) is 5.65. The van der Waals surface area contributed by atoms with E-state index >= 15 is 0 Å². The molecule has 0 saturated carbocycles. The van der Waals surface area contributed by atoms with Crippen molar-refractivity contribution < 1.29 is 9.50 Å². The van der Waals surface area contributed by atoms with Gasteiger partial charge in [-0.25, -0.2) is 4.39 Å². The summed E-state index contributed by atoms with van der Waals surface area (Å²) >= 11 is 5.49. The maximum Gasteiger partial charge on any atom is 0.141 e. The van der Waals surface area contributed by atoms with Gasteiger partial charge in [0.25, 0.3) is 0 Å². The van der Waals surface area contributed by atoms with Crippen LogP contribution in [0, 0.1) is 5.82 Å². The molecule has 0 aliphatic rings. The molecule has 0 bridgehead atoms. The molecular formula is C8H10Cl2FNO. The Bertz CT molecular complexity index is 283. The highest BCUT2D eigenvalue weighted by Gasteiger charge is 2.07. The average Bonchev–Trinajstić information content (AvgIpc) is 2.08. The second-order valence-corrected chi connectivity index (χ2v) is 2.83. The van der Waals surface area contributed by atoms with E-state index in [0.717, 1.165) is 0 Å². The normalized spacial score (nSPS) is 12.0. The lowest BCUT2D eigenvalue weighted by atomic mass is 10.1. The summed E-state index contributed by atoms with van der Waals surface area (Å²) in [6, 6.07) is 4.03. The van der Waals surface area contributed by atoms with Crippen LogP contribution in [0.15, 0.2) is 18.2 Å². The molecule has 1 aromatic rings. The highest BCUT2D eigenvalue weighted by molar-refractivity contribution is 6.30. The van der Waals surface area contributed by atoms with E-state index in [2.05, 4.69) is 0 Å². The summed E-state index contributed by atoms with van der Waals surface area (Å²) in [6.45, 7) is 0.0992. The van der Waals surface area contributed by atoms with Crippen molar-refractivity contribution in [3.63, 3.8) is 0 Å². The number of benzene rings is 1. The SMILES string of the molecule is Cl.NC[C@@H](O)c1ccc(F)c(Cl)c1. The highest BCUT2D eigenvalue weighted by Crippen LogP contribution is 2.19. The van der Waals surface area contributed by atoms with Crippen LogP contribution in [0.2, 0.25) is 5.02 Å². The number of halogens is 3. The first-order valence-corrected chi connectivity index (χ1v) is 3.86. The van der Waals surface area contributed by atoms with E-state index in [4.69, 9.17) is 17.3 Å². The number of aliphatic hydroxyl groups excluding tert-OH is 1. The predicted molar refractivity (Wildman–Crippen MR) is 52.7 cm³/mol. The van der Waals surface area contributed by atoms with Gasteiger partial charge in [-0.05, 0) is 17.7 Å². The van der Waals surface area contributed by atoms with Gasteiger partial charge in [0.15, 0.2) is 0 Å². The molecule has 0 amide bonds. The monoisotopic (exact) mass is 225 g/mol. The molecule has 74 valence electrons. The summed E-state index contributed by atoms with van der Waals surface area (Å²) in [5.74, 6) is -0.496. The van der Waals surface area contributed by atoms with Crippen LogP contribution in [0.5, 0.6) is 0 Å². The third kappa shape index (κ3) is 3.12. The quantitative estimate of drug-likeness (QED) is 0.808. The van der Waals surface area contributed by atoms with Crippen molar-refractivity contribution in [3.05, 3.63) is 34.6 Å². The molecule has 0 spiro atoms. The number of nitrogens with two attached hydrogens (primary N) is 1. The van der Waals surface area contributed by atoms with Crippen molar-refractivity contribution in [2.45, 2.75) is 6.10 Å². The molecular weight excluding hydrogens is 216 g/mol. The molecule has 0 saturated heterocycles. The molecule has 0 fully saturated rings. The van der Waals surface area contributed by atoms with Crippen LogP contribution in [0.4, 0.5) is 4.39 Å². The average molecular weight is 226 g/mol. The maximum atomic E-state index is 12.6. The van der Waals surface area contributed by atoms with Crippen molar-refractivity contribution in [3.8, 4) is 0 Å². The summed E-state index contributed by atoms with van der Waals surface area (Å²) in [7, 11) is 0. The lowest BCUT2D eigenvalue weighted by molar-refractivity contribution is 0.186. The van der Waals surface area contributed by atoms with Crippen LogP contribution in [0.25, 0.3) is 0 Å². The summed E-state index contributed by atoms with van der Waals surface area (Å²) in [6.07, 6.45) is -0.775. The van der Waals surface area contributed by atoms with Gasteiger partial charge in [-0.15, -0.1) is 12.4 Å². The van der Waals surface area contributed by atoms with Gasteiger partial charge in [-0.1, -0.05) is 17.7 Å². The van der Waals surface area contributed by atoms with Crippen LogP contribution in [-0.4, -0.2) is 11.7 Å². The first kappa shape index (κ1) is 12.7. The standard InChI is InChI=1S/C8H9ClFNO.ClH/c9-6-3-5(8(12)4-11)1-2-7(6)10;/h1-3,8,12H,4,11H2;1H/t8-;/m1./s1. The zero-order valence-electron chi connectivity index (χ0n) is 6.71. The molecule has 1 rings (SSSR count). The van der Waals surface area contributed by atoms with Crippen LogP contribution < -0.4 is 5.73 Å². The number of aliphatic hydroxyl groups is 1. The summed E-state index contributed by atoms with van der Waals surface area (Å²) in [5, 5.41) is 9.24. The Morgan fingerprint density at radius 2 is 2.15 bits per heavy atom. The number of rotatable bonds is 2. The molecule has 0 unspecified atom stereocenters. The molecule has 3 N–H and O–H groups in total. The van der Waals surface area contributed by atoms with Gasteiger partial charge in [0.2, 0.25) is 0 Å². The van der Waals surface area contributed by atoms with E-state index in [9.17, 15) is 9.50 Å². The van der Waals surface area contributed by atoms with Gasteiger partial charge in [-0.3, -0.25) is 0 Å². The predicted octanol–water partition coefficient (Wildman–Crippen LogP) is 1.89. The van der Waals surface area contributed by atoms with Crippen molar-refractivity contribution in [2.24, 2.45) is 5.73 Å². The molecule has 2 nitrogen and oxygen atoms in total. The second-order valence-electron chi connectivity index (χ2n) is 2.43. The van der Waals surface area contributed by atoms with Crippen LogP contribution in [0.3, 0.4) is 0 Å². The minimum atomic E-state index is -0.775. The van der Waals surface area contributed by atoms with Crippen LogP contribution in [0.1, 0.15) is 11.7 Å². The van der Waals surface area contributed by atoms with Gasteiger partial charge in [0.05, 0.1) is 11.1 Å². The fourth-order valence-corrected chi connectivity index (χ4v) is 1.04. The van der Waals surface area contributed by atoms with E-state index in [1.165, 1.54) is 18.2 Å². The topological polar surface area (TPSA) is 46.2 Å². The molecule has 5 heteroatoms. The van der Waals surface area contributed by atoms with E-state index in [0.29, 0.717) is 5.56 Å². The third-order valence-corrected chi connectivity index (χ3v) is 1.84. The van der Waals surface area contributed by atoms with Gasteiger partial charge in [-0.2, -0.15) is 0 Å². The first-order valence-electron chi connectivity index (χ1n) is 3.48. The Kier molecular flexibility index (Phi) is 5.25. The fourth-order valence-electron chi connectivity index (χ4n) is 0.856. The lowest BCUT2D eigenvalue weighted by Gasteiger charge is -2.07. The minimum Gasteiger partial charge on any atom is -0.387 e. The molecule has 0 aliphatic carbocycles. The summed E-state index contributed by atoms with van der Waals surface area (Å²) in [5.41, 5.74) is 5.74. The largest absolute Gasteiger partial charge is 0.387 e.